The second kappa shape index (κ2) is 26.3. The Kier molecular flexibility index (Phi) is 29.1. The third-order valence-corrected chi connectivity index (χ3v) is 2.78. The summed E-state index contributed by atoms with van der Waals surface area (Å²) < 4.78 is 4.58. The monoisotopic (exact) mass is 569 g/mol. The van der Waals surface area contributed by atoms with Crippen molar-refractivity contribution in [2.45, 2.75) is 47.6 Å². The van der Waals surface area contributed by atoms with Crippen molar-refractivity contribution in [3.05, 3.63) is 90.7 Å². The van der Waals surface area contributed by atoms with Crippen molar-refractivity contribution in [1.29, 1.82) is 0 Å². The van der Waals surface area contributed by atoms with Crippen molar-refractivity contribution in [1.82, 2.24) is 0 Å². The molecule has 1 heterocycles. The van der Waals surface area contributed by atoms with Crippen LogP contribution in [0.1, 0.15) is 52.7 Å². The van der Waals surface area contributed by atoms with E-state index in [4.69, 9.17) is 0 Å². The first kappa shape index (κ1) is 32.0. The van der Waals surface area contributed by atoms with Gasteiger partial charge in [0.25, 0.3) is 0 Å². The third kappa shape index (κ3) is 24.3. The van der Waals surface area contributed by atoms with Gasteiger partial charge >= 0.3 is 0 Å². The van der Waals surface area contributed by atoms with E-state index in [0.717, 1.165) is 5.56 Å². The first-order valence-electron chi connectivity index (χ1n) is 9.84. The summed E-state index contributed by atoms with van der Waals surface area (Å²) in [5, 5.41) is 0. The van der Waals surface area contributed by atoms with Gasteiger partial charge in [-0.1, -0.05) is 114 Å². The number of hydrogen-bond acceptors (Lipinski definition) is 3. The molecule has 1 aliphatic heterocycles. The molecule has 0 spiro atoms. The van der Waals surface area contributed by atoms with Gasteiger partial charge in [-0.25, -0.2) is 0 Å². The molecule has 0 saturated carbocycles. The van der Waals surface area contributed by atoms with Crippen LogP contribution in [0.3, 0.4) is 0 Å². The molecule has 3 nitrogen and oxygen atoms in total. The van der Waals surface area contributed by atoms with E-state index in [-0.39, 0.29) is 21.1 Å². The third-order valence-electron chi connectivity index (χ3n) is 2.78. The molecule has 0 aliphatic carbocycles. The van der Waals surface area contributed by atoms with Crippen LogP contribution >= 0.6 is 0 Å². The number of allylic oxidation sites excluding steroid dienone is 1. The molecule has 2 aromatic carbocycles. The summed E-state index contributed by atoms with van der Waals surface area (Å²) in [7, 11) is 1.47. The topological polar surface area (TPSA) is 31.0 Å². The zero-order chi connectivity index (χ0) is 21.5. The zero-order valence-electron chi connectivity index (χ0n) is 18.9. The largest absolute Gasteiger partial charge is 0.570 e. The molecular formula is C25H37O3W-. The summed E-state index contributed by atoms with van der Waals surface area (Å²) in [5.41, 5.74) is 2.35. The van der Waals surface area contributed by atoms with Crippen LogP contribution in [0.2, 0.25) is 0 Å². The van der Waals surface area contributed by atoms with Crippen LogP contribution in [0.5, 0.6) is 0 Å². The van der Waals surface area contributed by atoms with Gasteiger partial charge in [0.1, 0.15) is 6.26 Å². The van der Waals surface area contributed by atoms with E-state index in [9.17, 15) is 0 Å². The van der Waals surface area contributed by atoms with Crippen molar-refractivity contribution in [2.24, 2.45) is 0 Å². The van der Waals surface area contributed by atoms with Crippen LogP contribution in [-0.2, 0) is 35.6 Å². The standard InChI is InChI=1S/C9H10O2.C9H10.C3H5O.2C2H6.W/c1-10-11-8-7-9-5-3-2-4-6-9;1-2-6-9-7-4-3-5-8-9;1-3-2-4-3;2*1-2;/h2-8H,1H3;2-8H,1H3;2-3H,1H3;2*1-2H3;/q;;-1;;;. The van der Waals surface area contributed by atoms with E-state index < -0.39 is 0 Å². The number of benzene rings is 2. The molecular weight excluding hydrogens is 532 g/mol. The first-order chi connectivity index (χ1) is 13.8. The molecule has 0 N–H and O–H groups in total. The van der Waals surface area contributed by atoms with Crippen molar-refractivity contribution in [3.8, 4) is 0 Å². The molecule has 0 radical (unpaired) electrons. The molecule has 2 aromatic rings. The van der Waals surface area contributed by atoms with Crippen LogP contribution in [0.25, 0.3) is 12.2 Å². The minimum atomic E-state index is 0. The van der Waals surface area contributed by atoms with Crippen molar-refractivity contribution in [2.75, 3.05) is 7.11 Å². The Bertz CT molecular complexity index is 580. The smallest absolute Gasteiger partial charge is 0.130 e. The van der Waals surface area contributed by atoms with Crippen molar-refractivity contribution < 1.29 is 35.6 Å². The van der Waals surface area contributed by atoms with Crippen LogP contribution in [-0.4, -0.2) is 13.2 Å². The van der Waals surface area contributed by atoms with Crippen LogP contribution < -0.4 is 0 Å². The summed E-state index contributed by atoms with van der Waals surface area (Å²) >= 11 is 0. The van der Waals surface area contributed by atoms with Gasteiger partial charge in [-0.2, -0.15) is 11.5 Å². The molecule has 29 heavy (non-hydrogen) atoms. The van der Waals surface area contributed by atoms with E-state index in [1.54, 1.807) is 6.61 Å². The number of ether oxygens (including phenoxy) is 1. The maximum absolute atomic E-state index is 4.58. The van der Waals surface area contributed by atoms with Crippen molar-refractivity contribution >= 4 is 12.2 Å². The van der Waals surface area contributed by atoms with Gasteiger partial charge in [-0.3, -0.25) is 0 Å². The van der Waals surface area contributed by atoms with Crippen molar-refractivity contribution in [3.63, 3.8) is 0 Å². The fourth-order valence-corrected chi connectivity index (χ4v) is 1.56. The molecule has 0 bridgehead atoms. The quantitative estimate of drug-likeness (QED) is 0.125. The Hall–Kier alpha value is -1.67. The van der Waals surface area contributed by atoms with Gasteiger partial charge in [-0.05, 0) is 24.1 Å². The molecule has 1 saturated heterocycles. The minimum absolute atomic E-state index is 0. The Morgan fingerprint density at radius 1 is 0.828 bits per heavy atom. The van der Waals surface area contributed by atoms with Crippen LogP contribution in [0.4, 0.5) is 0 Å². The first-order valence-corrected chi connectivity index (χ1v) is 9.84. The molecule has 1 fully saturated rings. The van der Waals surface area contributed by atoms with E-state index >= 15 is 0 Å². The summed E-state index contributed by atoms with van der Waals surface area (Å²) in [6.07, 6.45) is 7.90. The normalized spacial score (nSPS) is 13.0. The Balaban J connectivity index is -0.000000337. The van der Waals surface area contributed by atoms with Gasteiger partial charge in [-0.15, -0.1) is 0 Å². The Morgan fingerprint density at radius 3 is 1.52 bits per heavy atom. The van der Waals surface area contributed by atoms with Gasteiger partial charge in [0, 0.05) is 21.1 Å². The van der Waals surface area contributed by atoms with Crippen LogP contribution in [0, 0.1) is 6.61 Å². The van der Waals surface area contributed by atoms with E-state index in [1.807, 2.05) is 102 Å². The van der Waals surface area contributed by atoms with Gasteiger partial charge in [0.15, 0.2) is 0 Å². The second-order valence-corrected chi connectivity index (χ2v) is 4.86. The van der Waals surface area contributed by atoms with Gasteiger partial charge in [0.05, 0.1) is 7.11 Å². The summed E-state index contributed by atoms with van der Waals surface area (Å²) in [6, 6.07) is 20.1. The summed E-state index contributed by atoms with van der Waals surface area (Å²) in [6.45, 7) is 13.8. The minimum Gasteiger partial charge on any atom is -0.570 e. The summed E-state index contributed by atoms with van der Waals surface area (Å²) in [4.78, 5) is 8.93. The Morgan fingerprint density at radius 2 is 1.21 bits per heavy atom. The Labute approximate surface area is 193 Å². The molecule has 0 amide bonds. The number of hydrogen-bond donors (Lipinski definition) is 0. The molecule has 0 aromatic heterocycles. The van der Waals surface area contributed by atoms with E-state index in [0.29, 0.717) is 6.10 Å². The number of rotatable bonds is 4. The molecule has 162 valence electrons. The fraction of sp³-hybridized carbons (Fsp3) is 0.320. The SMILES string of the molecule is CC.CC.CC1[CH-]O1.CC=Cc1ccccc1.COOC=Cc1ccccc1.[W]. The molecule has 4 heteroatoms. The fourth-order valence-electron chi connectivity index (χ4n) is 1.56. The maximum Gasteiger partial charge on any atom is 0.130 e. The number of epoxide rings is 1. The summed E-state index contributed by atoms with van der Waals surface area (Å²) in [5.74, 6) is 0. The zero-order valence-corrected chi connectivity index (χ0v) is 21.8. The van der Waals surface area contributed by atoms with Gasteiger partial charge < -0.3 is 9.62 Å². The van der Waals surface area contributed by atoms with Crippen LogP contribution in [0.15, 0.2) is 73.0 Å². The predicted octanol–water partition coefficient (Wildman–Crippen LogP) is 7.57. The molecule has 3 rings (SSSR count). The average Bonchev–Trinajstić information content (AvgIpc) is 3.56. The van der Waals surface area contributed by atoms with E-state index in [1.165, 1.54) is 18.9 Å². The van der Waals surface area contributed by atoms with E-state index in [2.05, 4.69) is 32.7 Å². The predicted molar refractivity (Wildman–Crippen MR) is 122 cm³/mol. The second-order valence-electron chi connectivity index (χ2n) is 4.86. The van der Waals surface area contributed by atoms with Gasteiger partial charge in [0.2, 0.25) is 0 Å². The average molecular weight is 569 g/mol. The molecule has 1 atom stereocenters. The molecule has 1 unspecified atom stereocenters. The molecule has 1 aliphatic rings. The maximum atomic E-state index is 4.58.